The highest BCUT2D eigenvalue weighted by Crippen LogP contribution is 2.23. The van der Waals surface area contributed by atoms with Crippen LogP contribution in [0.1, 0.15) is 41.3 Å². The number of ether oxygens (including phenoxy) is 1. The fourth-order valence-corrected chi connectivity index (χ4v) is 1.87. The molecule has 19 heavy (non-hydrogen) atoms. The minimum atomic E-state index is 0.374. The number of aldehydes is 1. The summed E-state index contributed by atoms with van der Waals surface area (Å²) in [6, 6.07) is 15.7. The highest BCUT2D eigenvalue weighted by atomic mass is 16.5. The van der Waals surface area contributed by atoms with Crippen LogP contribution in [-0.2, 0) is 6.61 Å². The van der Waals surface area contributed by atoms with Crippen molar-refractivity contribution in [3.8, 4) is 5.75 Å². The standard InChI is InChI=1S/C17H18O2/c1-13(2)16-8-15(11-18)9-17(10-16)19-12-14-6-4-3-5-7-14/h3-11,13H,12H2,1-2H3. The summed E-state index contributed by atoms with van der Waals surface area (Å²) in [5.74, 6) is 1.12. The van der Waals surface area contributed by atoms with Crippen molar-refractivity contribution in [3.05, 3.63) is 65.2 Å². The number of carbonyl (C=O) groups is 1. The number of benzene rings is 2. The fourth-order valence-electron chi connectivity index (χ4n) is 1.87. The van der Waals surface area contributed by atoms with Gasteiger partial charge in [-0.05, 0) is 35.2 Å². The van der Waals surface area contributed by atoms with Gasteiger partial charge in [0, 0.05) is 5.56 Å². The Morgan fingerprint density at radius 3 is 2.47 bits per heavy atom. The number of hydrogen-bond donors (Lipinski definition) is 0. The highest BCUT2D eigenvalue weighted by molar-refractivity contribution is 5.76. The second-order valence-electron chi connectivity index (χ2n) is 4.88. The Hall–Kier alpha value is -2.09. The Bertz CT molecular complexity index is 544. The predicted octanol–water partition coefficient (Wildman–Crippen LogP) is 4.20. The van der Waals surface area contributed by atoms with E-state index < -0.39 is 0 Å². The maximum Gasteiger partial charge on any atom is 0.150 e. The first-order chi connectivity index (χ1) is 9.19. The van der Waals surface area contributed by atoms with Crippen LogP contribution < -0.4 is 4.74 Å². The summed E-state index contributed by atoms with van der Waals surface area (Å²) in [5.41, 5.74) is 2.90. The van der Waals surface area contributed by atoms with Crippen LogP contribution in [0.4, 0.5) is 0 Å². The first-order valence-electron chi connectivity index (χ1n) is 6.46. The summed E-state index contributed by atoms with van der Waals surface area (Å²) in [4.78, 5) is 11.0. The molecule has 2 aromatic carbocycles. The van der Waals surface area contributed by atoms with E-state index in [0.29, 0.717) is 18.1 Å². The molecule has 0 saturated carbocycles. The SMILES string of the molecule is CC(C)c1cc(C=O)cc(OCc2ccccc2)c1. The summed E-state index contributed by atoms with van der Waals surface area (Å²) < 4.78 is 5.77. The Balaban J connectivity index is 2.15. The zero-order valence-electron chi connectivity index (χ0n) is 11.3. The molecule has 0 amide bonds. The van der Waals surface area contributed by atoms with E-state index in [1.807, 2.05) is 42.5 Å². The van der Waals surface area contributed by atoms with E-state index in [4.69, 9.17) is 4.74 Å². The highest BCUT2D eigenvalue weighted by Gasteiger charge is 2.05. The van der Waals surface area contributed by atoms with Crippen LogP contribution in [0.2, 0.25) is 0 Å². The molecule has 0 N–H and O–H groups in total. The van der Waals surface area contributed by atoms with Gasteiger partial charge in [-0.15, -0.1) is 0 Å². The third-order valence-corrected chi connectivity index (χ3v) is 3.00. The molecule has 0 radical (unpaired) electrons. The van der Waals surface area contributed by atoms with E-state index in [0.717, 1.165) is 23.2 Å². The summed E-state index contributed by atoms with van der Waals surface area (Å²) in [6.07, 6.45) is 0.862. The van der Waals surface area contributed by atoms with Crippen molar-refractivity contribution in [1.29, 1.82) is 0 Å². The van der Waals surface area contributed by atoms with Gasteiger partial charge in [-0.2, -0.15) is 0 Å². The molecule has 2 aromatic rings. The molecule has 0 aliphatic heterocycles. The molecule has 0 heterocycles. The second kappa shape index (κ2) is 6.19. The van der Waals surface area contributed by atoms with Crippen LogP contribution in [0.5, 0.6) is 5.75 Å². The van der Waals surface area contributed by atoms with Crippen molar-refractivity contribution >= 4 is 6.29 Å². The zero-order valence-corrected chi connectivity index (χ0v) is 11.3. The van der Waals surface area contributed by atoms with Crippen molar-refractivity contribution < 1.29 is 9.53 Å². The molecule has 0 spiro atoms. The summed E-state index contributed by atoms with van der Waals surface area (Å²) in [6.45, 7) is 4.72. The van der Waals surface area contributed by atoms with Crippen molar-refractivity contribution in [3.63, 3.8) is 0 Å². The molecule has 2 nitrogen and oxygen atoms in total. The van der Waals surface area contributed by atoms with Gasteiger partial charge < -0.3 is 4.74 Å². The molecule has 2 rings (SSSR count). The lowest BCUT2D eigenvalue weighted by Gasteiger charge is -2.11. The lowest BCUT2D eigenvalue weighted by Crippen LogP contribution is -1.98. The van der Waals surface area contributed by atoms with Crippen LogP contribution in [0.25, 0.3) is 0 Å². The lowest BCUT2D eigenvalue weighted by molar-refractivity contribution is 0.112. The smallest absolute Gasteiger partial charge is 0.150 e. The zero-order chi connectivity index (χ0) is 13.7. The third-order valence-electron chi connectivity index (χ3n) is 3.00. The molecular formula is C17H18O2. The van der Waals surface area contributed by atoms with Gasteiger partial charge in [-0.25, -0.2) is 0 Å². The van der Waals surface area contributed by atoms with Gasteiger partial charge in [-0.1, -0.05) is 44.2 Å². The molecule has 0 aromatic heterocycles. The van der Waals surface area contributed by atoms with Crippen molar-refractivity contribution in [2.45, 2.75) is 26.4 Å². The number of hydrogen-bond acceptors (Lipinski definition) is 2. The van der Waals surface area contributed by atoms with Crippen LogP contribution in [0.15, 0.2) is 48.5 Å². The van der Waals surface area contributed by atoms with Crippen LogP contribution in [-0.4, -0.2) is 6.29 Å². The van der Waals surface area contributed by atoms with Crippen molar-refractivity contribution in [2.75, 3.05) is 0 Å². The molecule has 0 unspecified atom stereocenters. The summed E-state index contributed by atoms with van der Waals surface area (Å²) in [7, 11) is 0. The minimum Gasteiger partial charge on any atom is -0.489 e. The molecule has 0 atom stereocenters. The average molecular weight is 254 g/mol. The molecule has 98 valence electrons. The monoisotopic (exact) mass is 254 g/mol. The second-order valence-corrected chi connectivity index (χ2v) is 4.88. The first kappa shape index (κ1) is 13.3. The molecule has 0 aliphatic rings. The predicted molar refractivity (Wildman–Crippen MR) is 76.7 cm³/mol. The molecule has 0 saturated heterocycles. The van der Waals surface area contributed by atoms with Gasteiger partial charge >= 0.3 is 0 Å². The van der Waals surface area contributed by atoms with Gasteiger partial charge in [0.15, 0.2) is 0 Å². The Kier molecular flexibility index (Phi) is 4.35. The minimum absolute atomic E-state index is 0.374. The van der Waals surface area contributed by atoms with E-state index in [2.05, 4.69) is 13.8 Å². The number of rotatable bonds is 5. The van der Waals surface area contributed by atoms with Gasteiger partial charge in [-0.3, -0.25) is 4.79 Å². The summed E-state index contributed by atoms with van der Waals surface area (Å²) >= 11 is 0. The van der Waals surface area contributed by atoms with Crippen LogP contribution in [0, 0.1) is 0 Å². The van der Waals surface area contributed by atoms with E-state index in [1.165, 1.54) is 0 Å². The lowest BCUT2D eigenvalue weighted by atomic mass is 10.0. The molecule has 0 fully saturated rings. The van der Waals surface area contributed by atoms with E-state index >= 15 is 0 Å². The maximum absolute atomic E-state index is 11.0. The Labute approximate surface area is 114 Å². The summed E-state index contributed by atoms with van der Waals surface area (Å²) in [5, 5.41) is 0. The van der Waals surface area contributed by atoms with E-state index in [9.17, 15) is 4.79 Å². The van der Waals surface area contributed by atoms with Gasteiger partial charge in [0.05, 0.1) is 0 Å². The van der Waals surface area contributed by atoms with Gasteiger partial charge in [0.2, 0.25) is 0 Å². The molecule has 2 heteroatoms. The van der Waals surface area contributed by atoms with Crippen molar-refractivity contribution in [1.82, 2.24) is 0 Å². The molecule has 0 aliphatic carbocycles. The first-order valence-corrected chi connectivity index (χ1v) is 6.46. The van der Waals surface area contributed by atoms with E-state index in [-0.39, 0.29) is 0 Å². The van der Waals surface area contributed by atoms with E-state index in [1.54, 1.807) is 6.07 Å². The fraction of sp³-hybridized carbons (Fsp3) is 0.235. The topological polar surface area (TPSA) is 26.3 Å². The Morgan fingerprint density at radius 2 is 1.84 bits per heavy atom. The Morgan fingerprint density at radius 1 is 1.11 bits per heavy atom. The molecular weight excluding hydrogens is 236 g/mol. The normalized spacial score (nSPS) is 10.5. The van der Waals surface area contributed by atoms with Gasteiger partial charge in [0.1, 0.15) is 18.6 Å². The maximum atomic E-state index is 11.0. The van der Waals surface area contributed by atoms with Crippen molar-refractivity contribution in [2.24, 2.45) is 0 Å². The van der Waals surface area contributed by atoms with Crippen LogP contribution in [0.3, 0.4) is 0 Å². The molecule has 0 bridgehead atoms. The van der Waals surface area contributed by atoms with Crippen LogP contribution >= 0.6 is 0 Å². The van der Waals surface area contributed by atoms with Gasteiger partial charge in [0.25, 0.3) is 0 Å². The third kappa shape index (κ3) is 3.68. The largest absolute Gasteiger partial charge is 0.489 e. The average Bonchev–Trinajstić information content (AvgIpc) is 2.45. The number of carbonyl (C=O) groups excluding carboxylic acids is 1. The quantitative estimate of drug-likeness (QED) is 0.747.